The number of nitrogens with zero attached hydrogens (tertiary/aromatic N) is 1. The van der Waals surface area contributed by atoms with Crippen LogP contribution in [0, 0.1) is 5.92 Å². The largest absolute Gasteiger partial charge is 0.355 e. The van der Waals surface area contributed by atoms with Gasteiger partial charge in [0.1, 0.15) is 0 Å². The predicted molar refractivity (Wildman–Crippen MR) is 82.9 cm³/mol. The molecule has 6 heteroatoms. The van der Waals surface area contributed by atoms with E-state index < -0.39 is 0 Å². The Bertz CT molecular complexity index is 283. The van der Waals surface area contributed by atoms with Gasteiger partial charge in [-0.25, -0.2) is 0 Å². The van der Waals surface area contributed by atoms with Gasteiger partial charge < -0.3 is 25.4 Å². The highest BCUT2D eigenvalue weighted by Crippen LogP contribution is 2.17. The van der Waals surface area contributed by atoms with Crippen LogP contribution < -0.4 is 11.1 Å². The molecule has 3 N–H and O–H groups in total. The lowest BCUT2D eigenvalue weighted by Crippen LogP contribution is -2.44. The van der Waals surface area contributed by atoms with Crippen molar-refractivity contribution < 1.29 is 14.3 Å². The van der Waals surface area contributed by atoms with E-state index in [1.807, 2.05) is 13.8 Å². The molecule has 0 spiro atoms. The lowest BCUT2D eigenvalue weighted by Gasteiger charge is -2.32. The van der Waals surface area contributed by atoms with Crippen LogP contribution in [-0.2, 0) is 14.3 Å². The molecular weight excluding hydrogens is 270 g/mol. The summed E-state index contributed by atoms with van der Waals surface area (Å²) < 4.78 is 11.1. The van der Waals surface area contributed by atoms with E-state index in [-0.39, 0.29) is 18.1 Å². The molecule has 1 saturated heterocycles. The maximum atomic E-state index is 12.0. The van der Waals surface area contributed by atoms with Gasteiger partial charge >= 0.3 is 0 Å². The fraction of sp³-hybridized carbons (Fsp3) is 0.933. The van der Waals surface area contributed by atoms with Crippen molar-refractivity contribution >= 4 is 5.91 Å². The number of carbonyl (C=O) groups excluding carboxylic acids is 1. The first kappa shape index (κ1) is 18.4. The van der Waals surface area contributed by atoms with Crippen LogP contribution in [0.15, 0.2) is 0 Å². The Morgan fingerprint density at radius 2 is 2.10 bits per heavy atom. The molecule has 21 heavy (non-hydrogen) atoms. The minimum Gasteiger partial charge on any atom is -0.355 e. The second-order valence-electron chi connectivity index (χ2n) is 5.35. The van der Waals surface area contributed by atoms with E-state index in [1.54, 1.807) is 0 Å². The zero-order valence-electron chi connectivity index (χ0n) is 13.5. The van der Waals surface area contributed by atoms with E-state index in [4.69, 9.17) is 15.2 Å². The van der Waals surface area contributed by atoms with Crippen molar-refractivity contribution in [3.63, 3.8) is 0 Å². The molecule has 1 atom stereocenters. The van der Waals surface area contributed by atoms with Crippen molar-refractivity contribution in [3.05, 3.63) is 0 Å². The summed E-state index contributed by atoms with van der Waals surface area (Å²) >= 11 is 0. The SMILES string of the molecule is CCOC(CCN1CCCC(C(=O)NCCN)C1)OCC. The van der Waals surface area contributed by atoms with Gasteiger partial charge in [0.15, 0.2) is 6.29 Å². The number of hydrogen-bond donors (Lipinski definition) is 2. The summed E-state index contributed by atoms with van der Waals surface area (Å²) in [5.41, 5.74) is 5.42. The van der Waals surface area contributed by atoms with Gasteiger partial charge in [-0.1, -0.05) is 0 Å². The maximum absolute atomic E-state index is 12.0. The number of amides is 1. The molecule has 0 aromatic carbocycles. The van der Waals surface area contributed by atoms with Crippen molar-refractivity contribution in [2.24, 2.45) is 11.7 Å². The molecule has 124 valence electrons. The Kier molecular flexibility index (Phi) is 9.58. The van der Waals surface area contributed by atoms with Gasteiger partial charge in [-0.2, -0.15) is 0 Å². The van der Waals surface area contributed by atoms with Crippen LogP contribution in [0.5, 0.6) is 0 Å². The first-order chi connectivity index (χ1) is 10.2. The topological polar surface area (TPSA) is 76.8 Å². The fourth-order valence-electron chi connectivity index (χ4n) is 2.69. The molecule has 0 aromatic rings. The molecule has 6 nitrogen and oxygen atoms in total. The number of rotatable bonds is 10. The average Bonchev–Trinajstić information content (AvgIpc) is 2.51. The van der Waals surface area contributed by atoms with Crippen molar-refractivity contribution in [1.29, 1.82) is 0 Å². The van der Waals surface area contributed by atoms with Crippen LogP contribution >= 0.6 is 0 Å². The van der Waals surface area contributed by atoms with Crippen LogP contribution in [0.2, 0.25) is 0 Å². The second kappa shape index (κ2) is 11.0. The first-order valence-corrected chi connectivity index (χ1v) is 8.14. The molecule has 1 amide bonds. The van der Waals surface area contributed by atoms with Crippen molar-refractivity contribution in [2.45, 2.75) is 39.4 Å². The minimum atomic E-state index is -0.133. The normalized spacial score (nSPS) is 19.9. The van der Waals surface area contributed by atoms with E-state index in [9.17, 15) is 4.79 Å². The Hall–Kier alpha value is -0.690. The molecule has 1 aliphatic rings. The molecule has 1 rings (SSSR count). The standard InChI is InChI=1S/C15H31N3O3/c1-3-20-14(21-4-2)7-11-18-10-5-6-13(12-18)15(19)17-9-8-16/h13-14H,3-12,16H2,1-2H3,(H,17,19). The molecule has 1 unspecified atom stereocenters. The van der Waals surface area contributed by atoms with Crippen LogP contribution in [0.4, 0.5) is 0 Å². The molecule has 1 aliphatic heterocycles. The maximum Gasteiger partial charge on any atom is 0.224 e. The van der Waals surface area contributed by atoms with E-state index in [2.05, 4.69) is 10.2 Å². The number of ether oxygens (including phenoxy) is 2. The van der Waals surface area contributed by atoms with Gasteiger partial charge in [0.05, 0.1) is 5.92 Å². The minimum absolute atomic E-state index is 0.0861. The molecule has 0 bridgehead atoms. The highest BCUT2D eigenvalue weighted by Gasteiger charge is 2.25. The van der Waals surface area contributed by atoms with Crippen LogP contribution in [-0.4, -0.2) is 63.0 Å². The zero-order chi connectivity index (χ0) is 15.5. The number of hydrogen-bond acceptors (Lipinski definition) is 5. The number of carbonyl (C=O) groups is 1. The highest BCUT2D eigenvalue weighted by atomic mass is 16.7. The van der Waals surface area contributed by atoms with Gasteiger partial charge in [0.2, 0.25) is 5.91 Å². The van der Waals surface area contributed by atoms with Crippen LogP contribution in [0.1, 0.15) is 33.1 Å². The summed E-state index contributed by atoms with van der Waals surface area (Å²) in [6.45, 7) is 9.11. The Balaban J connectivity index is 2.32. The monoisotopic (exact) mass is 301 g/mol. The van der Waals surface area contributed by atoms with Crippen LogP contribution in [0.25, 0.3) is 0 Å². The third-order valence-electron chi connectivity index (χ3n) is 3.71. The van der Waals surface area contributed by atoms with E-state index in [0.29, 0.717) is 26.3 Å². The second-order valence-corrected chi connectivity index (χ2v) is 5.35. The predicted octanol–water partition coefficient (Wildman–Crippen LogP) is 0.563. The molecule has 1 fully saturated rings. The quantitative estimate of drug-likeness (QED) is 0.577. The van der Waals surface area contributed by atoms with Gasteiger partial charge in [-0.05, 0) is 33.2 Å². The van der Waals surface area contributed by atoms with Gasteiger partial charge in [0, 0.05) is 45.8 Å². The average molecular weight is 301 g/mol. The van der Waals surface area contributed by atoms with Crippen molar-refractivity contribution in [3.8, 4) is 0 Å². The first-order valence-electron chi connectivity index (χ1n) is 8.14. The molecule has 0 radical (unpaired) electrons. The highest BCUT2D eigenvalue weighted by molar-refractivity contribution is 5.78. The Morgan fingerprint density at radius 1 is 1.38 bits per heavy atom. The number of piperidine rings is 1. The summed E-state index contributed by atoms with van der Waals surface area (Å²) in [7, 11) is 0. The third-order valence-corrected chi connectivity index (χ3v) is 3.71. The fourth-order valence-corrected chi connectivity index (χ4v) is 2.69. The summed E-state index contributed by atoms with van der Waals surface area (Å²) in [6, 6.07) is 0. The summed E-state index contributed by atoms with van der Waals surface area (Å²) in [4.78, 5) is 14.3. The van der Waals surface area contributed by atoms with Gasteiger partial charge in [-0.15, -0.1) is 0 Å². The van der Waals surface area contributed by atoms with E-state index >= 15 is 0 Å². The lowest BCUT2D eigenvalue weighted by molar-refractivity contribution is -0.142. The lowest BCUT2D eigenvalue weighted by atomic mass is 9.97. The number of likely N-dealkylation sites (tertiary alicyclic amines) is 1. The van der Waals surface area contributed by atoms with Crippen LogP contribution in [0.3, 0.4) is 0 Å². The summed E-state index contributed by atoms with van der Waals surface area (Å²) in [5, 5.41) is 2.89. The van der Waals surface area contributed by atoms with Crippen molar-refractivity contribution in [2.75, 3.05) is 45.9 Å². The van der Waals surface area contributed by atoms with Crippen molar-refractivity contribution in [1.82, 2.24) is 10.2 Å². The molecule has 0 aliphatic carbocycles. The Morgan fingerprint density at radius 3 is 2.71 bits per heavy atom. The molecular formula is C15H31N3O3. The Labute approximate surface area is 128 Å². The molecule has 1 heterocycles. The van der Waals surface area contributed by atoms with E-state index in [0.717, 1.165) is 38.9 Å². The van der Waals surface area contributed by atoms with Gasteiger partial charge in [0.25, 0.3) is 0 Å². The zero-order valence-corrected chi connectivity index (χ0v) is 13.5. The number of nitrogens with one attached hydrogen (secondary N) is 1. The summed E-state index contributed by atoms with van der Waals surface area (Å²) in [6.07, 6.45) is 2.74. The van der Waals surface area contributed by atoms with Gasteiger partial charge in [-0.3, -0.25) is 4.79 Å². The molecule has 0 aromatic heterocycles. The third kappa shape index (κ3) is 7.22. The van der Waals surface area contributed by atoms with E-state index in [1.165, 1.54) is 0 Å². The smallest absolute Gasteiger partial charge is 0.224 e. The molecule has 0 saturated carbocycles. The summed E-state index contributed by atoms with van der Waals surface area (Å²) in [5.74, 6) is 0.222. The number of nitrogens with two attached hydrogens (primary N) is 1.